The van der Waals surface area contributed by atoms with Gasteiger partial charge in [-0.2, -0.15) is 5.26 Å². The SMILES string of the molecule is COc1ccc(C(=O)C(C)(C)C#N)cc1. The van der Waals surface area contributed by atoms with E-state index in [1.807, 2.05) is 6.07 Å². The average molecular weight is 203 g/mol. The molecular formula is C12H13NO2. The zero-order valence-electron chi connectivity index (χ0n) is 9.07. The highest BCUT2D eigenvalue weighted by atomic mass is 16.5. The molecule has 0 saturated carbocycles. The smallest absolute Gasteiger partial charge is 0.182 e. The third-order valence-corrected chi connectivity index (χ3v) is 2.20. The Morgan fingerprint density at radius 2 is 1.87 bits per heavy atom. The predicted octanol–water partition coefficient (Wildman–Crippen LogP) is 2.43. The summed E-state index contributed by atoms with van der Waals surface area (Å²) >= 11 is 0. The number of methoxy groups -OCH3 is 1. The highest BCUT2D eigenvalue weighted by molar-refractivity contribution is 6.01. The minimum Gasteiger partial charge on any atom is -0.497 e. The summed E-state index contributed by atoms with van der Waals surface area (Å²) in [6.07, 6.45) is 0. The van der Waals surface area contributed by atoms with Gasteiger partial charge in [-0.3, -0.25) is 4.79 Å². The molecule has 0 heterocycles. The molecule has 0 aromatic heterocycles. The number of hydrogen-bond donors (Lipinski definition) is 0. The molecule has 3 nitrogen and oxygen atoms in total. The highest BCUT2D eigenvalue weighted by Gasteiger charge is 2.28. The summed E-state index contributed by atoms with van der Waals surface area (Å²) in [4.78, 5) is 11.8. The third kappa shape index (κ3) is 2.35. The van der Waals surface area contributed by atoms with Crippen molar-refractivity contribution in [1.29, 1.82) is 5.26 Å². The van der Waals surface area contributed by atoms with Crippen LogP contribution in [0.5, 0.6) is 5.75 Å². The van der Waals surface area contributed by atoms with Crippen LogP contribution >= 0.6 is 0 Å². The molecule has 0 spiro atoms. The number of nitriles is 1. The van der Waals surface area contributed by atoms with Crippen molar-refractivity contribution in [3.8, 4) is 11.8 Å². The van der Waals surface area contributed by atoms with Crippen LogP contribution in [0, 0.1) is 16.7 Å². The summed E-state index contributed by atoms with van der Waals surface area (Å²) in [5, 5.41) is 8.83. The van der Waals surface area contributed by atoms with Gasteiger partial charge in [-0.05, 0) is 38.1 Å². The molecule has 0 radical (unpaired) electrons. The van der Waals surface area contributed by atoms with Gasteiger partial charge in [0.15, 0.2) is 5.78 Å². The van der Waals surface area contributed by atoms with Crippen LogP contribution in [0.4, 0.5) is 0 Å². The summed E-state index contributed by atoms with van der Waals surface area (Å²) in [5.74, 6) is 0.522. The highest BCUT2D eigenvalue weighted by Crippen LogP contribution is 2.22. The lowest BCUT2D eigenvalue weighted by Gasteiger charge is -2.13. The van der Waals surface area contributed by atoms with E-state index in [0.717, 1.165) is 0 Å². The van der Waals surface area contributed by atoms with Crippen molar-refractivity contribution in [2.45, 2.75) is 13.8 Å². The van der Waals surface area contributed by atoms with Gasteiger partial charge in [0.2, 0.25) is 0 Å². The molecule has 0 unspecified atom stereocenters. The van der Waals surface area contributed by atoms with Crippen LogP contribution in [0.3, 0.4) is 0 Å². The zero-order chi connectivity index (χ0) is 11.5. The first-order valence-electron chi connectivity index (χ1n) is 4.61. The van der Waals surface area contributed by atoms with Gasteiger partial charge < -0.3 is 4.74 Å². The first kappa shape index (κ1) is 11.3. The molecular weight excluding hydrogens is 190 g/mol. The van der Waals surface area contributed by atoms with Crippen LogP contribution in [0.25, 0.3) is 0 Å². The van der Waals surface area contributed by atoms with Gasteiger partial charge in [0.25, 0.3) is 0 Å². The van der Waals surface area contributed by atoms with Gasteiger partial charge in [-0.15, -0.1) is 0 Å². The monoisotopic (exact) mass is 203 g/mol. The Bertz CT molecular complexity index is 399. The molecule has 1 rings (SSSR count). The fourth-order valence-electron chi connectivity index (χ4n) is 1.15. The first-order chi connectivity index (χ1) is 7.01. The maximum Gasteiger partial charge on any atom is 0.182 e. The Hall–Kier alpha value is -1.82. The van der Waals surface area contributed by atoms with Crippen LogP contribution < -0.4 is 4.74 Å². The van der Waals surface area contributed by atoms with Crippen molar-refractivity contribution < 1.29 is 9.53 Å². The van der Waals surface area contributed by atoms with E-state index in [0.29, 0.717) is 11.3 Å². The van der Waals surface area contributed by atoms with Crippen LogP contribution in [0.1, 0.15) is 24.2 Å². The number of nitrogens with zero attached hydrogens (tertiary/aromatic N) is 1. The fraction of sp³-hybridized carbons (Fsp3) is 0.333. The first-order valence-corrected chi connectivity index (χ1v) is 4.61. The van der Waals surface area contributed by atoms with Crippen molar-refractivity contribution in [3.05, 3.63) is 29.8 Å². The van der Waals surface area contributed by atoms with E-state index in [9.17, 15) is 4.79 Å². The number of carbonyl (C=O) groups is 1. The lowest BCUT2D eigenvalue weighted by atomic mass is 9.86. The topological polar surface area (TPSA) is 50.1 Å². The number of ketones is 1. The molecule has 0 atom stereocenters. The summed E-state index contributed by atoms with van der Waals surface area (Å²) in [6.45, 7) is 3.22. The molecule has 0 N–H and O–H groups in total. The van der Waals surface area contributed by atoms with Gasteiger partial charge in [0.05, 0.1) is 13.2 Å². The summed E-state index contributed by atoms with van der Waals surface area (Å²) in [7, 11) is 1.57. The van der Waals surface area contributed by atoms with E-state index in [2.05, 4.69) is 0 Å². The van der Waals surface area contributed by atoms with Crippen molar-refractivity contribution in [2.75, 3.05) is 7.11 Å². The Morgan fingerprint density at radius 3 is 2.27 bits per heavy atom. The van der Waals surface area contributed by atoms with Crippen molar-refractivity contribution in [1.82, 2.24) is 0 Å². The molecule has 0 aliphatic heterocycles. The molecule has 0 aliphatic carbocycles. The lowest BCUT2D eigenvalue weighted by Crippen LogP contribution is -2.22. The Balaban J connectivity index is 2.99. The van der Waals surface area contributed by atoms with Crippen LogP contribution in [0.2, 0.25) is 0 Å². The Morgan fingerprint density at radius 1 is 1.33 bits per heavy atom. The van der Waals surface area contributed by atoms with Crippen molar-refractivity contribution in [3.63, 3.8) is 0 Å². The van der Waals surface area contributed by atoms with E-state index < -0.39 is 5.41 Å². The van der Waals surface area contributed by atoms with Gasteiger partial charge in [0.1, 0.15) is 11.2 Å². The maximum absolute atomic E-state index is 11.8. The van der Waals surface area contributed by atoms with Gasteiger partial charge in [-0.1, -0.05) is 0 Å². The molecule has 15 heavy (non-hydrogen) atoms. The molecule has 1 aromatic rings. The molecule has 0 aliphatic rings. The summed E-state index contributed by atoms with van der Waals surface area (Å²) in [5.41, 5.74) is -0.448. The summed E-state index contributed by atoms with van der Waals surface area (Å²) in [6, 6.07) is 8.74. The minimum absolute atomic E-state index is 0.173. The molecule has 1 aromatic carbocycles. The summed E-state index contributed by atoms with van der Waals surface area (Å²) < 4.78 is 4.98. The van der Waals surface area contributed by atoms with E-state index in [1.54, 1.807) is 45.2 Å². The van der Waals surface area contributed by atoms with Gasteiger partial charge in [0, 0.05) is 5.56 Å². The maximum atomic E-state index is 11.8. The molecule has 0 bridgehead atoms. The predicted molar refractivity (Wildman–Crippen MR) is 56.7 cm³/mol. The third-order valence-electron chi connectivity index (χ3n) is 2.20. The van der Waals surface area contributed by atoms with E-state index in [4.69, 9.17) is 10.00 Å². The normalized spacial score (nSPS) is 10.5. The molecule has 0 saturated heterocycles. The lowest BCUT2D eigenvalue weighted by molar-refractivity contribution is 0.0892. The standard InChI is InChI=1S/C12H13NO2/c1-12(2,8-13)11(14)9-4-6-10(15-3)7-5-9/h4-7H,1-3H3. The average Bonchev–Trinajstić information content (AvgIpc) is 2.28. The van der Waals surface area contributed by atoms with Crippen LogP contribution in [0.15, 0.2) is 24.3 Å². The quantitative estimate of drug-likeness (QED) is 0.709. The number of rotatable bonds is 3. The fourth-order valence-corrected chi connectivity index (χ4v) is 1.15. The number of Topliss-reactive ketones (excluding diaryl/α,β-unsaturated/α-hetero) is 1. The van der Waals surface area contributed by atoms with Gasteiger partial charge >= 0.3 is 0 Å². The largest absolute Gasteiger partial charge is 0.497 e. The number of carbonyl (C=O) groups excluding carboxylic acids is 1. The Labute approximate surface area is 89.3 Å². The second-order valence-electron chi connectivity index (χ2n) is 3.79. The van der Waals surface area contributed by atoms with Gasteiger partial charge in [-0.25, -0.2) is 0 Å². The number of hydrogen-bond acceptors (Lipinski definition) is 3. The van der Waals surface area contributed by atoms with E-state index in [-0.39, 0.29) is 5.78 Å². The van der Waals surface area contributed by atoms with Crippen molar-refractivity contribution in [2.24, 2.45) is 5.41 Å². The number of benzene rings is 1. The molecule has 3 heteroatoms. The molecule has 0 fully saturated rings. The van der Waals surface area contributed by atoms with Crippen molar-refractivity contribution >= 4 is 5.78 Å². The van der Waals surface area contributed by atoms with Crippen LogP contribution in [-0.4, -0.2) is 12.9 Å². The minimum atomic E-state index is -0.978. The van der Waals surface area contributed by atoms with E-state index in [1.165, 1.54) is 0 Å². The zero-order valence-corrected chi connectivity index (χ0v) is 9.07. The number of ether oxygens (including phenoxy) is 1. The molecule has 78 valence electrons. The molecule has 0 amide bonds. The second kappa shape index (κ2) is 4.14. The van der Waals surface area contributed by atoms with E-state index >= 15 is 0 Å². The Kier molecular flexibility index (Phi) is 3.11. The van der Waals surface area contributed by atoms with Crippen LogP contribution in [-0.2, 0) is 0 Å². The second-order valence-corrected chi connectivity index (χ2v) is 3.79.